The number of benzene rings is 1. The van der Waals surface area contributed by atoms with E-state index in [0.29, 0.717) is 5.02 Å². The molecule has 17 heavy (non-hydrogen) atoms. The highest BCUT2D eigenvalue weighted by atomic mass is 35.5. The van der Waals surface area contributed by atoms with Crippen molar-refractivity contribution >= 4 is 11.6 Å². The average Bonchev–Trinajstić information content (AvgIpc) is 2.33. The summed E-state index contributed by atoms with van der Waals surface area (Å²) in [5.74, 6) is -0.257. The topological polar surface area (TPSA) is 24.9 Å². The highest BCUT2D eigenvalue weighted by Gasteiger charge is 2.15. The Morgan fingerprint density at radius 3 is 2.82 bits per heavy atom. The first-order valence-corrected chi connectivity index (χ1v) is 5.62. The minimum atomic E-state index is -0.257. The lowest BCUT2D eigenvalue weighted by Crippen LogP contribution is -2.18. The second kappa shape index (κ2) is 5.25. The maximum absolute atomic E-state index is 13.2. The monoisotopic (exact) mass is 250 g/mol. The summed E-state index contributed by atoms with van der Waals surface area (Å²) in [5.41, 5.74) is 1.72. The van der Waals surface area contributed by atoms with Gasteiger partial charge in [-0.15, -0.1) is 0 Å². The van der Waals surface area contributed by atoms with Crippen LogP contribution < -0.4 is 5.32 Å². The van der Waals surface area contributed by atoms with E-state index < -0.39 is 0 Å². The van der Waals surface area contributed by atoms with E-state index >= 15 is 0 Å². The van der Waals surface area contributed by atoms with Gasteiger partial charge in [-0.2, -0.15) is 0 Å². The molecule has 0 fully saturated rings. The van der Waals surface area contributed by atoms with Gasteiger partial charge in [-0.3, -0.25) is 4.98 Å². The Kier molecular flexibility index (Phi) is 3.71. The second-order valence-electron chi connectivity index (χ2n) is 3.67. The van der Waals surface area contributed by atoms with Gasteiger partial charge in [0.25, 0.3) is 0 Å². The van der Waals surface area contributed by atoms with E-state index in [4.69, 9.17) is 11.6 Å². The molecule has 1 aromatic heterocycles. The van der Waals surface area contributed by atoms with Crippen LogP contribution in [-0.4, -0.2) is 12.0 Å². The predicted molar refractivity (Wildman–Crippen MR) is 66.5 cm³/mol. The Balaban J connectivity index is 2.44. The van der Waals surface area contributed by atoms with E-state index in [1.54, 1.807) is 18.5 Å². The van der Waals surface area contributed by atoms with Gasteiger partial charge in [0.05, 0.1) is 11.1 Å². The standard InChI is InChI=1S/C13H12ClFN2/c1-16-13(9-3-2-4-10(15)7-9)11-5-6-17-8-12(11)14/h2-8,13,16H,1H3. The molecule has 2 rings (SSSR count). The summed E-state index contributed by atoms with van der Waals surface area (Å²) >= 11 is 6.09. The highest BCUT2D eigenvalue weighted by molar-refractivity contribution is 6.31. The van der Waals surface area contributed by atoms with Gasteiger partial charge in [0.15, 0.2) is 0 Å². The first kappa shape index (κ1) is 12.0. The van der Waals surface area contributed by atoms with Crippen molar-refractivity contribution in [3.63, 3.8) is 0 Å². The van der Waals surface area contributed by atoms with E-state index in [2.05, 4.69) is 10.3 Å². The molecule has 0 aliphatic rings. The van der Waals surface area contributed by atoms with Gasteiger partial charge in [0.1, 0.15) is 5.82 Å². The SMILES string of the molecule is CNC(c1cccc(F)c1)c1ccncc1Cl. The normalized spacial score (nSPS) is 12.4. The minimum Gasteiger partial charge on any atom is -0.309 e. The van der Waals surface area contributed by atoms with Crippen molar-refractivity contribution in [3.05, 3.63) is 64.7 Å². The van der Waals surface area contributed by atoms with Crippen LogP contribution in [0.1, 0.15) is 17.2 Å². The molecular weight excluding hydrogens is 239 g/mol. The van der Waals surface area contributed by atoms with Gasteiger partial charge in [0.2, 0.25) is 0 Å². The zero-order chi connectivity index (χ0) is 12.3. The molecule has 88 valence electrons. The molecule has 0 amide bonds. The van der Waals surface area contributed by atoms with Crippen LogP contribution in [-0.2, 0) is 0 Å². The minimum absolute atomic E-state index is 0.138. The number of nitrogens with zero attached hydrogens (tertiary/aromatic N) is 1. The van der Waals surface area contributed by atoms with Gasteiger partial charge in [-0.05, 0) is 36.4 Å². The Hall–Kier alpha value is -1.45. The van der Waals surface area contributed by atoms with E-state index in [9.17, 15) is 4.39 Å². The molecule has 4 heteroatoms. The molecule has 1 N–H and O–H groups in total. The van der Waals surface area contributed by atoms with Gasteiger partial charge < -0.3 is 5.32 Å². The van der Waals surface area contributed by atoms with Gasteiger partial charge in [-0.25, -0.2) is 4.39 Å². The molecule has 2 nitrogen and oxygen atoms in total. The number of halogens is 2. The fourth-order valence-electron chi connectivity index (χ4n) is 1.81. The third-order valence-electron chi connectivity index (χ3n) is 2.59. The second-order valence-corrected chi connectivity index (χ2v) is 4.08. The lowest BCUT2D eigenvalue weighted by atomic mass is 10.00. The summed E-state index contributed by atoms with van der Waals surface area (Å²) in [6.07, 6.45) is 3.26. The number of hydrogen-bond donors (Lipinski definition) is 1. The van der Waals surface area contributed by atoms with Crippen molar-refractivity contribution in [2.75, 3.05) is 7.05 Å². The molecule has 0 aliphatic carbocycles. The Morgan fingerprint density at radius 2 is 2.18 bits per heavy atom. The molecule has 0 saturated heterocycles. The smallest absolute Gasteiger partial charge is 0.123 e. The summed E-state index contributed by atoms with van der Waals surface area (Å²) in [4.78, 5) is 3.94. The lowest BCUT2D eigenvalue weighted by Gasteiger charge is -2.18. The summed E-state index contributed by atoms with van der Waals surface area (Å²) in [7, 11) is 1.81. The molecule has 0 radical (unpaired) electrons. The third-order valence-corrected chi connectivity index (χ3v) is 2.90. The van der Waals surface area contributed by atoms with Crippen LogP contribution in [0.5, 0.6) is 0 Å². The zero-order valence-electron chi connectivity index (χ0n) is 9.32. The van der Waals surface area contributed by atoms with Crippen molar-refractivity contribution in [3.8, 4) is 0 Å². The number of hydrogen-bond acceptors (Lipinski definition) is 2. The number of pyridine rings is 1. The van der Waals surface area contributed by atoms with Crippen LogP contribution in [0.3, 0.4) is 0 Å². The molecule has 0 bridgehead atoms. The van der Waals surface area contributed by atoms with Gasteiger partial charge in [-0.1, -0.05) is 23.7 Å². The summed E-state index contributed by atoms with van der Waals surface area (Å²) in [6, 6.07) is 8.16. The van der Waals surface area contributed by atoms with Crippen molar-refractivity contribution in [1.29, 1.82) is 0 Å². The zero-order valence-corrected chi connectivity index (χ0v) is 10.1. The predicted octanol–water partition coefficient (Wildman–Crippen LogP) is 3.18. The fraction of sp³-hybridized carbons (Fsp3) is 0.154. The van der Waals surface area contributed by atoms with Gasteiger partial charge in [0, 0.05) is 12.4 Å². The van der Waals surface area contributed by atoms with Crippen LogP contribution in [0, 0.1) is 5.82 Å². The van der Waals surface area contributed by atoms with E-state index in [0.717, 1.165) is 11.1 Å². The third kappa shape index (κ3) is 2.62. The summed E-state index contributed by atoms with van der Waals surface area (Å²) < 4.78 is 13.2. The van der Waals surface area contributed by atoms with E-state index in [1.807, 2.05) is 19.2 Å². The Labute approximate surface area is 104 Å². The summed E-state index contributed by atoms with van der Waals surface area (Å²) in [6.45, 7) is 0. The van der Waals surface area contributed by atoms with Crippen LogP contribution in [0.2, 0.25) is 5.02 Å². The average molecular weight is 251 g/mol. The van der Waals surface area contributed by atoms with Crippen molar-refractivity contribution in [2.24, 2.45) is 0 Å². The molecular formula is C13H12ClFN2. The van der Waals surface area contributed by atoms with Crippen LogP contribution in [0.25, 0.3) is 0 Å². The number of aromatic nitrogens is 1. The van der Waals surface area contributed by atoms with Crippen molar-refractivity contribution < 1.29 is 4.39 Å². The summed E-state index contributed by atoms with van der Waals surface area (Å²) in [5, 5.41) is 3.69. The van der Waals surface area contributed by atoms with Gasteiger partial charge >= 0.3 is 0 Å². The van der Waals surface area contributed by atoms with Crippen LogP contribution in [0.4, 0.5) is 4.39 Å². The van der Waals surface area contributed by atoms with Crippen molar-refractivity contribution in [2.45, 2.75) is 6.04 Å². The maximum Gasteiger partial charge on any atom is 0.123 e. The first-order chi connectivity index (χ1) is 8.22. The first-order valence-electron chi connectivity index (χ1n) is 5.24. The van der Waals surface area contributed by atoms with Crippen LogP contribution >= 0.6 is 11.6 Å². The molecule has 1 unspecified atom stereocenters. The molecule has 0 aliphatic heterocycles. The largest absolute Gasteiger partial charge is 0.309 e. The molecule has 1 heterocycles. The van der Waals surface area contributed by atoms with Crippen molar-refractivity contribution in [1.82, 2.24) is 10.3 Å². The molecule has 0 spiro atoms. The molecule has 2 aromatic rings. The molecule has 1 aromatic carbocycles. The molecule has 0 saturated carbocycles. The van der Waals surface area contributed by atoms with Crippen LogP contribution in [0.15, 0.2) is 42.7 Å². The Bertz CT molecular complexity index is 516. The highest BCUT2D eigenvalue weighted by Crippen LogP contribution is 2.27. The lowest BCUT2D eigenvalue weighted by molar-refractivity contribution is 0.616. The fourth-order valence-corrected chi connectivity index (χ4v) is 2.04. The Morgan fingerprint density at radius 1 is 1.35 bits per heavy atom. The maximum atomic E-state index is 13.2. The van der Waals surface area contributed by atoms with E-state index in [-0.39, 0.29) is 11.9 Å². The number of rotatable bonds is 3. The molecule has 1 atom stereocenters. The van der Waals surface area contributed by atoms with E-state index in [1.165, 1.54) is 12.1 Å². The quantitative estimate of drug-likeness (QED) is 0.905. The number of nitrogens with one attached hydrogen (secondary N) is 1.